The highest BCUT2D eigenvalue weighted by atomic mass is 79.9. The molecule has 2 aromatic carbocycles. The van der Waals surface area contributed by atoms with Crippen molar-refractivity contribution in [1.29, 1.82) is 0 Å². The average Bonchev–Trinajstić information content (AvgIpc) is 3.03. The number of nitrogens with two attached hydrogens (primary N) is 1. The molecule has 3 unspecified atom stereocenters. The Balaban J connectivity index is 1.81. The third kappa shape index (κ3) is 2.90. The van der Waals surface area contributed by atoms with Gasteiger partial charge in [0.05, 0.1) is 10.9 Å². The summed E-state index contributed by atoms with van der Waals surface area (Å²) in [5, 5.41) is 8.65. The zero-order valence-electron chi connectivity index (χ0n) is 13.1. The lowest BCUT2D eigenvalue weighted by molar-refractivity contribution is 0.412. The molecule has 7 heteroatoms. The molecule has 0 amide bonds. The minimum absolute atomic E-state index is 0.0333. The van der Waals surface area contributed by atoms with E-state index in [1.807, 2.05) is 6.07 Å². The van der Waals surface area contributed by atoms with E-state index in [2.05, 4.69) is 33.4 Å². The molecule has 0 radical (unpaired) electrons. The number of anilines is 1. The molecule has 2 aromatic rings. The Morgan fingerprint density at radius 3 is 2.68 bits per heavy atom. The Morgan fingerprint density at radius 2 is 1.96 bits per heavy atom. The Kier molecular flexibility index (Phi) is 3.97. The monoisotopic (exact) mass is 422 g/mol. The standard InChI is InChI=1S/C18H16BrFN2O2S/c19-10-4-6-14(16(20)8-10)18-13-3-1-2-12(13)15-9-11(25(21,23)24)5-7-17(15)22-18/h1-2,4-9,12-13,18,22H,3H2,(H2,21,23,24). The minimum atomic E-state index is -3.76. The van der Waals surface area contributed by atoms with Crippen LogP contribution in [0.5, 0.6) is 0 Å². The SMILES string of the molecule is NS(=O)(=O)c1ccc2c(c1)C1C=CCC1C(c1ccc(Br)cc1F)N2. The molecule has 1 heterocycles. The molecule has 0 saturated heterocycles. The summed E-state index contributed by atoms with van der Waals surface area (Å²) in [4.78, 5) is 0.0976. The second kappa shape index (κ2) is 5.93. The van der Waals surface area contributed by atoms with Crippen LogP contribution >= 0.6 is 15.9 Å². The highest BCUT2D eigenvalue weighted by molar-refractivity contribution is 9.10. The molecule has 1 aliphatic carbocycles. The van der Waals surface area contributed by atoms with Crippen LogP contribution in [0, 0.1) is 11.7 Å². The van der Waals surface area contributed by atoms with Gasteiger partial charge in [0, 0.05) is 21.6 Å². The van der Waals surface area contributed by atoms with Gasteiger partial charge in [0.2, 0.25) is 10.0 Å². The first-order valence-corrected chi connectivity index (χ1v) is 10.2. The number of sulfonamides is 1. The van der Waals surface area contributed by atoms with Gasteiger partial charge in [-0.1, -0.05) is 34.1 Å². The van der Waals surface area contributed by atoms with Gasteiger partial charge in [-0.25, -0.2) is 17.9 Å². The summed E-state index contributed by atoms with van der Waals surface area (Å²) in [5.41, 5.74) is 2.31. The second-order valence-electron chi connectivity index (χ2n) is 6.44. The molecule has 0 bridgehead atoms. The lowest BCUT2D eigenvalue weighted by Crippen LogP contribution is -2.30. The van der Waals surface area contributed by atoms with Crippen molar-refractivity contribution in [2.45, 2.75) is 23.3 Å². The topological polar surface area (TPSA) is 72.2 Å². The first kappa shape index (κ1) is 16.8. The van der Waals surface area contributed by atoms with Gasteiger partial charge in [0.15, 0.2) is 0 Å². The highest BCUT2D eigenvalue weighted by Gasteiger charge is 2.39. The minimum Gasteiger partial charge on any atom is -0.378 e. The first-order valence-electron chi connectivity index (χ1n) is 7.89. The normalized spacial score (nSPS) is 24.5. The molecule has 25 heavy (non-hydrogen) atoms. The summed E-state index contributed by atoms with van der Waals surface area (Å²) >= 11 is 3.29. The number of nitrogens with one attached hydrogen (secondary N) is 1. The summed E-state index contributed by atoms with van der Waals surface area (Å²) in [6.07, 6.45) is 4.94. The van der Waals surface area contributed by atoms with Crippen LogP contribution in [0.4, 0.5) is 10.1 Å². The van der Waals surface area contributed by atoms with E-state index < -0.39 is 10.0 Å². The molecule has 0 fully saturated rings. The fourth-order valence-electron chi connectivity index (χ4n) is 3.81. The van der Waals surface area contributed by atoms with E-state index in [9.17, 15) is 12.8 Å². The van der Waals surface area contributed by atoms with Gasteiger partial charge in [-0.05, 0) is 48.2 Å². The summed E-state index contributed by atoms with van der Waals surface area (Å²) in [6.45, 7) is 0. The molecule has 4 nitrogen and oxygen atoms in total. The van der Waals surface area contributed by atoms with Crippen LogP contribution in [-0.2, 0) is 10.0 Å². The van der Waals surface area contributed by atoms with Crippen molar-refractivity contribution < 1.29 is 12.8 Å². The molecule has 0 saturated carbocycles. The van der Waals surface area contributed by atoms with E-state index in [1.165, 1.54) is 12.1 Å². The van der Waals surface area contributed by atoms with E-state index >= 15 is 0 Å². The Morgan fingerprint density at radius 1 is 1.16 bits per heavy atom. The van der Waals surface area contributed by atoms with Crippen LogP contribution in [0.3, 0.4) is 0 Å². The smallest absolute Gasteiger partial charge is 0.238 e. The van der Waals surface area contributed by atoms with E-state index in [1.54, 1.807) is 18.2 Å². The van der Waals surface area contributed by atoms with Crippen molar-refractivity contribution in [1.82, 2.24) is 0 Å². The van der Waals surface area contributed by atoms with Crippen LogP contribution in [0.15, 0.2) is 57.9 Å². The van der Waals surface area contributed by atoms with Crippen LogP contribution in [0.1, 0.15) is 29.5 Å². The van der Waals surface area contributed by atoms with Crippen molar-refractivity contribution in [3.8, 4) is 0 Å². The van der Waals surface area contributed by atoms with Gasteiger partial charge in [0.1, 0.15) is 5.82 Å². The number of halogens is 2. The summed E-state index contributed by atoms with van der Waals surface area (Å²) in [6, 6.07) is 9.72. The van der Waals surface area contributed by atoms with Crippen molar-refractivity contribution in [3.63, 3.8) is 0 Å². The van der Waals surface area contributed by atoms with Crippen molar-refractivity contribution >= 4 is 31.6 Å². The van der Waals surface area contributed by atoms with Crippen molar-refractivity contribution in [2.24, 2.45) is 11.1 Å². The lowest BCUT2D eigenvalue weighted by atomic mass is 9.77. The fraction of sp³-hybridized carbons (Fsp3) is 0.222. The molecule has 0 aromatic heterocycles. The first-order chi connectivity index (χ1) is 11.8. The Hall–Kier alpha value is -1.70. The van der Waals surface area contributed by atoms with Crippen molar-refractivity contribution in [2.75, 3.05) is 5.32 Å². The predicted octanol–water partition coefficient (Wildman–Crippen LogP) is 4.06. The number of allylic oxidation sites excluding steroid dienone is 2. The summed E-state index contributed by atoms with van der Waals surface area (Å²) < 4.78 is 38.5. The van der Waals surface area contributed by atoms with E-state index in [0.29, 0.717) is 10.0 Å². The quantitative estimate of drug-likeness (QED) is 0.716. The third-order valence-corrected chi connectivity index (χ3v) is 6.36. The van der Waals surface area contributed by atoms with E-state index in [-0.39, 0.29) is 28.6 Å². The van der Waals surface area contributed by atoms with Gasteiger partial charge in [-0.2, -0.15) is 0 Å². The summed E-state index contributed by atoms with van der Waals surface area (Å²) in [7, 11) is -3.76. The third-order valence-electron chi connectivity index (χ3n) is 4.96. The van der Waals surface area contributed by atoms with E-state index in [0.717, 1.165) is 17.7 Å². The van der Waals surface area contributed by atoms with E-state index in [4.69, 9.17) is 5.14 Å². The number of hydrogen-bond acceptors (Lipinski definition) is 3. The molecule has 3 N–H and O–H groups in total. The molecule has 1 aliphatic heterocycles. The maximum absolute atomic E-state index is 14.5. The predicted molar refractivity (Wildman–Crippen MR) is 98.3 cm³/mol. The van der Waals surface area contributed by atoms with Gasteiger partial charge in [-0.15, -0.1) is 0 Å². The maximum Gasteiger partial charge on any atom is 0.238 e. The van der Waals surface area contributed by atoms with Crippen LogP contribution < -0.4 is 10.5 Å². The maximum atomic E-state index is 14.5. The van der Waals surface area contributed by atoms with Crippen LogP contribution in [0.2, 0.25) is 0 Å². The number of hydrogen-bond donors (Lipinski definition) is 2. The lowest BCUT2D eigenvalue weighted by Gasteiger charge is -2.37. The Labute approximate surface area is 154 Å². The number of rotatable bonds is 2. The molecule has 3 atom stereocenters. The number of primary sulfonamides is 1. The zero-order chi connectivity index (χ0) is 17.8. The molecule has 4 rings (SSSR count). The Bertz CT molecular complexity index is 991. The second-order valence-corrected chi connectivity index (χ2v) is 8.91. The summed E-state index contributed by atoms with van der Waals surface area (Å²) in [5.74, 6) is -0.105. The molecular weight excluding hydrogens is 407 g/mol. The van der Waals surface area contributed by atoms with Gasteiger partial charge < -0.3 is 5.32 Å². The van der Waals surface area contributed by atoms with Gasteiger partial charge >= 0.3 is 0 Å². The molecule has 2 aliphatic rings. The number of fused-ring (bicyclic) bond motifs is 3. The average molecular weight is 423 g/mol. The van der Waals surface area contributed by atoms with Gasteiger partial charge in [0.25, 0.3) is 0 Å². The fourth-order valence-corrected chi connectivity index (χ4v) is 4.69. The van der Waals surface area contributed by atoms with Crippen LogP contribution in [-0.4, -0.2) is 8.42 Å². The number of benzene rings is 2. The van der Waals surface area contributed by atoms with Gasteiger partial charge in [-0.3, -0.25) is 0 Å². The van der Waals surface area contributed by atoms with Crippen molar-refractivity contribution in [3.05, 3.63) is 70.0 Å². The molecule has 130 valence electrons. The highest BCUT2D eigenvalue weighted by Crippen LogP contribution is 2.50. The van der Waals surface area contributed by atoms with Crippen LogP contribution in [0.25, 0.3) is 0 Å². The zero-order valence-corrected chi connectivity index (χ0v) is 15.5. The molecular formula is C18H16BrFN2O2S. The molecule has 0 spiro atoms. The largest absolute Gasteiger partial charge is 0.378 e.